The number of nitrogens with two attached hydrogens (primary N) is 1. The van der Waals surface area contributed by atoms with Gasteiger partial charge in [-0.25, -0.2) is 9.38 Å². The van der Waals surface area contributed by atoms with Crippen molar-refractivity contribution in [2.24, 2.45) is 10.7 Å². The van der Waals surface area contributed by atoms with Gasteiger partial charge in [0.2, 0.25) is 0 Å². The molecule has 1 aromatic carbocycles. The van der Waals surface area contributed by atoms with Crippen molar-refractivity contribution < 1.29 is 4.39 Å². The van der Waals surface area contributed by atoms with Gasteiger partial charge in [-0.3, -0.25) is 0 Å². The maximum atomic E-state index is 13.2. The first-order chi connectivity index (χ1) is 7.74. The number of hydrogen-bond acceptors (Lipinski definition) is 1. The number of halogens is 2. The van der Waals surface area contributed by atoms with Crippen LogP contribution in [0.3, 0.4) is 0 Å². The molecule has 17 heavy (non-hydrogen) atoms. The van der Waals surface area contributed by atoms with Crippen LogP contribution in [0.25, 0.3) is 0 Å². The number of nitrogens with zero attached hydrogens (tertiary/aromatic N) is 1. The average molecular weight is 351 g/mol. The zero-order chi connectivity index (χ0) is 11.8. The summed E-state index contributed by atoms with van der Waals surface area (Å²) in [6, 6.07) is 6.57. The summed E-state index contributed by atoms with van der Waals surface area (Å²) in [4.78, 5) is 4.07. The zero-order valence-corrected chi connectivity index (χ0v) is 12.3. The van der Waals surface area contributed by atoms with Crippen LogP contribution < -0.4 is 11.1 Å². The van der Waals surface area contributed by atoms with Gasteiger partial charge < -0.3 is 11.1 Å². The van der Waals surface area contributed by atoms with Crippen LogP contribution in [0, 0.1) is 5.82 Å². The van der Waals surface area contributed by atoms with E-state index in [4.69, 9.17) is 5.73 Å². The van der Waals surface area contributed by atoms with E-state index >= 15 is 0 Å². The van der Waals surface area contributed by atoms with Crippen LogP contribution in [0.1, 0.15) is 25.3 Å². The molecule has 0 aliphatic rings. The Morgan fingerprint density at radius 3 is 2.76 bits per heavy atom. The van der Waals surface area contributed by atoms with E-state index in [-0.39, 0.29) is 36.3 Å². The molecule has 0 aliphatic heterocycles. The van der Waals surface area contributed by atoms with Gasteiger partial charge in [0, 0.05) is 12.1 Å². The van der Waals surface area contributed by atoms with Gasteiger partial charge in [0.05, 0.1) is 6.54 Å². The molecular weight excluding hydrogens is 332 g/mol. The molecular formula is C12H19FIN3. The quantitative estimate of drug-likeness (QED) is 0.371. The highest BCUT2D eigenvalue weighted by Gasteiger charge is 1.99. The van der Waals surface area contributed by atoms with Crippen LogP contribution in [-0.2, 0) is 6.54 Å². The van der Waals surface area contributed by atoms with Crippen LogP contribution in [0.15, 0.2) is 29.3 Å². The van der Waals surface area contributed by atoms with E-state index in [0.29, 0.717) is 11.5 Å². The summed E-state index contributed by atoms with van der Waals surface area (Å²) in [5.41, 5.74) is 6.19. The number of hydrogen-bond donors (Lipinski definition) is 2. The Morgan fingerprint density at radius 2 is 2.12 bits per heavy atom. The monoisotopic (exact) mass is 351 g/mol. The van der Waals surface area contributed by atoms with Crippen molar-refractivity contribution >= 4 is 29.9 Å². The largest absolute Gasteiger partial charge is 0.370 e. The summed E-state index contributed by atoms with van der Waals surface area (Å²) >= 11 is 0. The Kier molecular flexibility index (Phi) is 8.75. The molecule has 0 spiro atoms. The summed E-state index contributed by atoms with van der Waals surface area (Å²) in [5.74, 6) is 0.129. The van der Waals surface area contributed by atoms with Crippen molar-refractivity contribution in [1.29, 1.82) is 0 Å². The van der Waals surface area contributed by atoms with Gasteiger partial charge >= 0.3 is 0 Å². The normalized spacial score (nSPS) is 10.8. The summed E-state index contributed by atoms with van der Waals surface area (Å²) in [7, 11) is 0. The van der Waals surface area contributed by atoms with Crippen LogP contribution >= 0.6 is 24.0 Å². The Hall–Kier alpha value is -0.850. The molecule has 0 fully saturated rings. The first-order valence-corrected chi connectivity index (χ1v) is 5.51. The number of guanidine groups is 1. The van der Waals surface area contributed by atoms with Crippen molar-refractivity contribution in [3.8, 4) is 0 Å². The number of nitrogens with one attached hydrogen (secondary N) is 1. The van der Waals surface area contributed by atoms with Crippen molar-refractivity contribution in [3.63, 3.8) is 0 Å². The zero-order valence-electron chi connectivity index (χ0n) is 9.95. The number of aliphatic imine (C=N–C) groups is 1. The molecule has 0 saturated heterocycles. The fourth-order valence-electron chi connectivity index (χ4n) is 1.25. The predicted octanol–water partition coefficient (Wildman–Crippen LogP) is 2.65. The molecule has 0 radical (unpaired) electrons. The second-order valence-electron chi connectivity index (χ2n) is 3.57. The SMILES string of the molecule is CCCCNC(N)=NCc1ccccc1F.I. The average Bonchev–Trinajstić information content (AvgIpc) is 2.28. The van der Waals surface area contributed by atoms with Gasteiger partial charge in [-0.15, -0.1) is 24.0 Å². The molecule has 5 heteroatoms. The standard InChI is InChI=1S/C12H18FN3.HI/c1-2-3-8-15-12(14)16-9-10-6-4-5-7-11(10)13;/h4-7H,2-3,8-9H2,1H3,(H3,14,15,16);1H. The highest BCUT2D eigenvalue weighted by atomic mass is 127. The van der Waals surface area contributed by atoms with Crippen molar-refractivity contribution in [1.82, 2.24) is 5.32 Å². The smallest absolute Gasteiger partial charge is 0.188 e. The molecule has 0 aromatic heterocycles. The van der Waals surface area contributed by atoms with Crippen LogP contribution in [0.4, 0.5) is 4.39 Å². The maximum absolute atomic E-state index is 13.2. The Balaban J connectivity index is 0.00000256. The maximum Gasteiger partial charge on any atom is 0.188 e. The molecule has 0 aliphatic carbocycles. The lowest BCUT2D eigenvalue weighted by atomic mass is 10.2. The minimum absolute atomic E-state index is 0. The Labute approximate surface area is 119 Å². The highest BCUT2D eigenvalue weighted by molar-refractivity contribution is 14.0. The topological polar surface area (TPSA) is 50.4 Å². The van der Waals surface area contributed by atoms with Gasteiger partial charge in [0.25, 0.3) is 0 Å². The summed E-state index contributed by atoms with van der Waals surface area (Å²) in [5, 5.41) is 2.98. The fraction of sp³-hybridized carbons (Fsp3) is 0.417. The van der Waals surface area contributed by atoms with E-state index in [9.17, 15) is 4.39 Å². The highest BCUT2D eigenvalue weighted by Crippen LogP contribution is 2.06. The third-order valence-corrected chi connectivity index (χ3v) is 2.21. The molecule has 3 nitrogen and oxygen atoms in total. The molecule has 0 amide bonds. The van der Waals surface area contributed by atoms with Gasteiger partial charge in [-0.2, -0.15) is 0 Å². The molecule has 1 rings (SSSR count). The first-order valence-electron chi connectivity index (χ1n) is 5.51. The fourth-order valence-corrected chi connectivity index (χ4v) is 1.25. The van der Waals surface area contributed by atoms with Gasteiger partial charge in [-0.1, -0.05) is 31.5 Å². The minimum Gasteiger partial charge on any atom is -0.370 e. The van der Waals surface area contributed by atoms with E-state index in [1.165, 1.54) is 6.07 Å². The van der Waals surface area contributed by atoms with Crippen molar-refractivity contribution in [2.75, 3.05) is 6.54 Å². The molecule has 0 heterocycles. The molecule has 0 atom stereocenters. The van der Waals surface area contributed by atoms with Gasteiger partial charge in [-0.05, 0) is 12.5 Å². The lowest BCUT2D eigenvalue weighted by molar-refractivity contribution is 0.610. The van der Waals surface area contributed by atoms with Crippen LogP contribution in [-0.4, -0.2) is 12.5 Å². The van der Waals surface area contributed by atoms with Gasteiger partial charge in [0.15, 0.2) is 5.96 Å². The lowest BCUT2D eigenvalue weighted by Gasteiger charge is -2.04. The molecule has 1 aromatic rings. The second-order valence-corrected chi connectivity index (χ2v) is 3.57. The van der Waals surface area contributed by atoms with E-state index in [0.717, 1.165) is 19.4 Å². The molecule has 0 saturated carbocycles. The Morgan fingerprint density at radius 1 is 1.41 bits per heavy atom. The van der Waals surface area contributed by atoms with E-state index < -0.39 is 0 Å². The minimum atomic E-state index is -0.243. The summed E-state index contributed by atoms with van der Waals surface area (Å²) in [6.07, 6.45) is 2.16. The third-order valence-electron chi connectivity index (χ3n) is 2.21. The van der Waals surface area contributed by atoms with Gasteiger partial charge in [0.1, 0.15) is 5.82 Å². The van der Waals surface area contributed by atoms with Crippen molar-refractivity contribution in [2.45, 2.75) is 26.3 Å². The number of unbranched alkanes of at least 4 members (excludes halogenated alkanes) is 1. The molecule has 96 valence electrons. The number of benzene rings is 1. The molecule has 0 unspecified atom stereocenters. The Bertz CT molecular complexity index is 355. The second kappa shape index (κ2) is 9.21. The number of rotatable bonds is 5. The third kappa shape index (κ3) is 6.45. The van der Waals surface area contributed by atoms with Crippen LogP contribution in [0.2, 0.25) is 0 Å². The van der Waals surface area contributed by atoms with E-state index in [2.05, 4.69) is 17.2 Å². The van der Waals surface area contributed by atoms with E-state index in [1.54, 1.807) is 18.2 Å². The molecule has 3 N–H and O–H groups in total. The van der Waals surface area contributed by atoms with Crippen molar-refractivity contribution in [3.05, 3.63) is 35.6 Å². The van der Waals surface area contributed by atoms with Crippen LogP contribution in [0.5, 0.6) is 0 Å². The molecule has 0 bridgehead atoms. The van der Waals surface area contributed by atoms with E-state index in [1.807, 2.05) is 0 Å². The predicted molar refractivity (Wildman–Crippen MR) is 80.1 cm³/mol. The summed E-state index contributed by atoms with van der Waals surface area (Å²) < 4.78 is 13.2. The lowest BCUT2D eigenvalue weighted by Crippen LogP contribution is -2.32. The first kappa shape index (κ1) is 16.1. The summed E-state index contributed by atoms with van der Waals surface area (Å²) in [6.45, 7) is 3.19.